The number of nitrogens with one attached hydrogen (secondary N) is 1. The fraction of sp³-hybridized carbons (Fsp3) is 0.125. The Morgan fingerprint density at radius 2 is 1.85 bits per heavy atom. The van der Waals surface area contributed by atoms with Gasteiger partial charge in [-0.15, -0.1) is 11.3 Å². The molecule has 3 rings (SSSR count). The molecule has 134 valence electrons. The number of carbonyl (C=O) groups is 1. The summed E-state index contributed by atoms with van der Waals surface area (Å²) in [6.07, 6.45) is 0.258. The van der Waals surface area contributed by atoms with E-state index in [1.54, 1.807) is 17.5 Å². The summed E-state index contributed by atoms with van der Waals surface area (Å²) in [7, 11) is 0. The zero-order valence-electron chi connectivity index (χ0n) is 13.5. The lowest BCUT2D eigenvalue weighted by molar-refractivity contribution is -0.115. The molecule has 26 heavy (non-hydrogen) atoms. The summed E-state index contributed by atoms with van der Waals surface area (Å²) < 4.78 is 13.0. The fourth-order valence-corrected chi connectivity index (χ4v) is 3.57. The second-order valence-electron chi connectivity index (χ2n) is 5.19. The molecule has 0 radical (unpaired) electrons. The van der Waals surface area contributed by atoms with E-state index in [0.29, 0.717) is 33.4 Å². The van der Waals surface area contributed by atoms with Gasteiger partial charge in [0.25, 0.3) is 0 Å². The molecule has 0 aliphatic heterocycles. The zero-order valence-corrected chi connectivity index (χ0v) is 15.1. The molecule has 1 amide bonds. The molecule has 0 atom stereocenters. The van der Waals surface area contributed by atoms with Gasteiger partial charge in [-0.2, -0.15) is 0 Å². The number of halogens is 1. The number of nitrogens with two attached hydrogens (primary N) is 2. The van der Waals surface area contributed by atoms with Crippen molar-refractivity contribution in [3.8, 4) is 11.3 Å². The van der Waals surface area contributed by atoms with Crippen molar-refractivity contribution in [2.75, 3.05) is 22.5 Å². The second-order valence-corrected chi connectivity index (χ2v) is 7.11. The highest BCUT2D eigenvalue weighted by Gasteiger charge is 2.09. The largest absolute Gasteiger partial charge is 0.383 e. The molecule has 0 saturated heterocycles. The molecule has 0 bridgehead atoms. The molecule has 0 spiro atoms. The van der Waals surface area contributed by atoms with Crippen LogP contribution in [-0.4, -0.2) is 26.6 Å². The van der Waals surface area contributed by atoms with Gasteiger partial charge in [0.2, 0.25) is 5.91 Å². The van der Waals surface area contributed by atoms with E-state index in [2.05, 4.69) is 20.3 Å². The van der Waals surface area contributed by atoms with Gasteiger partial charge in [0.1, 0.15) is 17.5 Å². The molecule has 2 heterocycles. The van der Waals surface area contributed by atoms with Crippen molar-refractivity contribution in [2.45, 2.75) is 11.6 Å². The molecular formula is C16H15FN6OS2. The van der Waals surface area contributed by atoms with Crippen LogP contribution in [-0.2, 0) is 4.79 Å². The van der Waals surface area contributed by atoms with Gasteiger partial charge in [-0.3, -0.25) is 4.79 Å². The number of amides is 1. The predicted molar refractivity (Wildman–Crippen MR) is 102 cm³/mol. The number of thiazole rings is 1. The number of thioether (sulfide) groups is 1. The number of nitrogen functional groups attached to an aromatic ring is 2. The first-order valence-electron chi connectivity index (χ1n) is 7.54. The molecule has 1 aromatic carbocycles. The monoisotopic (exact) mass is 390 g/mol. The van der Waals surface area contributed by atoms with Gasteiger partial charge in [-0.1, -0.05) is 11.8 Å². The van der Waals surface area contributed by atoms with Crippen molar-refractivity contribution in [3.05, 3.63) is 41.5 Å². The summed E-state index contributed by atoms with van der Waals surface area (Å²) in [5.41, 5.74) is 12.7. The van der Waals surface area contributed by atoms with Crippen LogP contribution in [0.5, 0.6) is 0 Å². The number of anilines is 3. The van der Waals surface area contributed by atoms with Crippen molar-refractivity contribution >= 4 is 45.8 Å². The van der Waals surface area contributed by atoms with Gasteiger partial charge < -0.3 is 16.8 Å². The summed E-state index contributed by atoms with van der Waals surface area (Å²) in [6.45, 7) is 0. The molecule has 0 unspecified atom stereocenters. The summed E-state index contributed by atoms with van der Waals surface area (Å²) in [6, 6.07) is 7.50. The van der Waals surface area contributed by atoms with Crippen molar-refractivity contribution in [3.63, 3.8) is 0 Å². The Balaban J connectivity index is 1.51. The van der Waals surface area contributed by atoms with Gasteiger partial charge >= 0.3 is 0 Å². The number of hydrogen-bond donors (Lipinski definition) is 3. The maximum absolute atomic E-state index is 13.0. The standard InChI is InChI=1S/C16H15FN6OS2/c17-10-3-1-9(2-4-10)11-8-26-15(20-11)23-14(24)5-6-25-16-21-12(18)7-13(19)22-16/h1-4,7-8H,5-6H2,(H,20,23,24)(H4,18,19,21,22). The van der Waals surface area contributed by atoms with Crippen LogP contribution in [0.15, 0.2) is 40.9 Å². The second kappa shape index (κ2) is 8.11. The van der Waals surface area contributed by atoms with Crippen LogP contribution in [0, 0.1) is 5.82 Å². The number of rotatable bonds is 6. The third-order valence-electron chi connectivity index (χ3n) is 3.20. The van der Waals surface area contributed by atoms with Crippen LogP contribution in [0.3, 0.4) is 0 Å². The normalized spacial score (nSPS) is 10.7. The van der Waals surface area contributed by atoms with Crippen LogP contribution < -0.4 is 16.8 Å². The van der Waals surface area contributed by atoms with Crippen LogP contribution in [0.4, 0.5) is 21.2 Å². The Bertz CT molecular complexity index is 895. The van der Waals surface area contributed by atoms with Crippen LogP contribution in [0.1, 0.15) is 6.42 Å². The van der Waals surface area contributed by atoms with Gasteiger partial charge in [-0.25, -0.2) is 19.3 Å². The van der Waals surface area contributed by atoms with E-state index in [1.807, 2.05) is 0 Å². The highest BCUT2D eigenvalue weighted by atomic mass is 32.2. The first-order chi connectivity index (χ1) is 12.5. The third kappa shape index (κ3) is 4.90. The van der Waals surface area contributed by atoms with Crippen LogP contribution >= 0.6 is 23.1 Å². The van der Waals surface area contributed by atoms with E-state index in [-0.39, 0.29) is 18.1 Å². The Kier molecular flexibility index (Phi) is 5.64. The summed E-state index contributed by atoms with van der Waals surface area (Å²) in [4.78, 5) is 24.4. The highest BCUT2D eigenvalue weighted by molar-refractivity contribution is 7.99. The molecule has 0 aliphatic rings. The lowest BCUT2D eigenvalue weighted by Crippen LogP contribution is -2.12. The lowest BCUT2D eigenvalue weighted by Gasteiger charge is -2.03. The number of nitrogens with zero attached hydrogens (tertiary/aromatic N) is 3. The number of hydrogen-bond acceptors (Lipinski definition) is 8. The first-order valence-corrected chi connectivity index (χ1v) is 9.40. The number of benzene rings is 1. The lowest BCUT2D eigenvalue weighted by atomic mass is 10.2. The molecule has 0 saturated carbocycles. The first kappa shape index (κ1) is 18.1. The molecule has 2 aromatic heterocycles. The quantitative estimate of drug-likeness (QED) is 0.437. The van der Waals surface area contributed by atoms with Crippen molar-refractivity contribution in [2.24, 2.45) is 0 Å². The van der Waals surface area contributed by atoms with E-state index in [4.69, 9.17) is 11.5 Å². The average molecular weight is 390 g/mol. The van der Waals surface area contributed by atoms with Crippen LogP contribution in [0.2, 0.25) is 0 Å². The maximum Gasteiger partial charge on any atom is 0.226 e. The summed E-state index contributed by atoms with van der Waals surface area (Å²) in [5, 5.41) is 5.47. The smallest absolute Gasteiger partial charge is 0.226 e. The number of aromatic nitrogens is 3. The average Bonchev–Trinajstić information content (AvgIpc) is 3.03. The minimum atomic E-state index is -0.305. The maximum atomic E-state index is 13.0. The van der Waals surface area contributed by atoms with E-state index in [1.165, 1.54) is 41.3 Å². The minimum Gasteiger partial charge on any atom is -0.383 e. The molecule has 0 aliphatic carbocycles. The van der Waals surface area contributed by atoms with Crippen molar-refractivity contribution < 1.29 is 9.18 Å². The van der Waals surface area contributed by atoms with Gasteiger partial charge in [0, 0.05) is 29.2 Å². The third-order valence-corrected chi connectivity index (χ3v) is 4.80. The van der Waals surface area contributed by atoms with Crippen molar-refractivity contribution in [1.29, 1.82) is 0 Å². The molecular weight excluding hydrogens is 375 g/mol. The SMILES string of the molecule is Nc1cc(N)nc(SCCC(=O)Nc2nc(-c3ccc(F)cc3)cs2)n1. The van der Waals surface area contributed by atoms with Gasteiger partial charge in [0.05, 0.1) is 5.69 Å². The molecule has 3 aromatic rings. The Morgan fingerprint density at radius 1 is 1.15 bits per heavy atom. The Morgan fingerprint density at radius 3 is 2.54 bits per heavy atom. The van der Waals surface area contributed by atoms with Crippen LogP contribution in [0.25, 0.3) is 11.3 Å². The number of carbonyl (C=O) groups excluding carboxylic acids is 1. The molecule has 0 fully saturated rings. The summed E-state index contributed by atoms with van der Waals surface area (Å²) >= 11 is 2.60. The van der Waals surface area contributed by atoms with Gasteiger partial charge in [0.15, 0.2) is 10.3 Å². The van der Waals surface area contributed by atoms with Crippen molar-refractivity contribution in [1.82, 2.24) is 15.0 Å². The van der Waals surface area contributed by atoms with E-state index in [0.717, 1.165) is 5.56 Å². The minimum absolute atomic E-state index is 0.172. The predicted octanol–water partition coefficient (Wildman–Crippen LogP) is 3.02. The van der Waals surface area contributed by atoms with E-state index < -0.39 is 0 Å². The Labute approximate surface area is 157 Å². The zero-order chi connectivity index (χ0) is 18.5. The molecule has 7 nitrogen and oxygen atoms in total. The molecule has 10 heteroatoms. The Hall–Kier alpha value is -2.72. The van der Waals surface area contributed by atoms with E-state index in [9.17, 15) is 9.18 Å². The fourth-order valence-electron chi connectivity index (χ4n) is 2.03. The highest BCUT2D eigenvalue weighted by Crippen LogP contribution is 2.25. The van der Waals surface area contributed by atoms with Gasteiger partial charge in [-0.05, 0) is 24.3 Å². The molecule has 5 N–H and O–H groups in total. The summed E-state index contributed by atoms with van der Waals surface area (Å²) in [5.74, 6) is 0.585. The topological polar surface area (TPSA) is 120 Å². The van der Waals surface area contributed by atoms with E-state index >= 15 is 0 Å².